The van der Waals surface area contributed by atoms with Crippen molar-refractivity contribution in [2.45, 2.75) is 6.92 Å². The number of nitro groups is 1. The van der Waals surface area contributed by atoms with Crippen molar-refractivity contribution in [3.63, 3.8) is 0 Å². The first-order chi connectivity index (χ1) is 9.86. The molecule has 0 radical (unpaired) electrons. The van der Waals surface area contributed by atoms with Crippen molar-refractivity contribution in [1.82, 2.24) is 15.0 Å². The van der Waals surface area contributed by atoms with Gasteiger partial charge in [-0.2, -0.15) is 15.0 Å². The van der Waals surface area contributed by atoms with Gasteiger partial charge >= 0.3 is 6.01 Å². The van der Waals surface area contributed by atoms with Crippen molar-refractivity contribution in [2.75, 3.05) is 24.7 Å². The minimum Gasteiger partial charge on any atom is -0.424 e. The second-order valence-electron chi connectivity index (χ2n) is 4.48. The summed E-state index contributed by atoms with van der Waals surface area (Å²) in [5.74, 6) is 0.631. The van der Waals surface area contributed by atoms with Crippen LogP contribution in [0.1, 0.15) is 5.56 Å². The number of hydrogen-bond donors (Lipinski definition) is 1. The van der Waals surface area contributed by atoms with Crippen LogP contribution in [-0.4, -0.2) is 34.0 Å². The summed E-state index contributed by atoms with van der Waals surface area (Å²) in [4.78, 5) is 23.8. The molecule has 0 bridgehead atoms. The molecule has 1 aromatic carbocycles. The van der Waals surface area contributed by atoms with E-state index < -0.39 is 4.92 Å². The first-order valence-corrected chi connectivity index (χ1v) is 5.98. The van der Waals surface area contributed by atoms with Gasteiger partial charge in [-0.15, -0.1) is 0 Å². The Morgan fingerprint density at radius 1 is 1.29 bits per heavy atom. The van der Waals surface area contributed by atoms with Crippen LogP contribution in [0.25, 0.3) is 0 Å². The van der Waals surface area contributed by atoms with Crippen LogP contribution in [0.5, 0.6) is 11.8 Å². The quantitative estimate of drug-likeness (QED) is 0.664. The van der Waals surface area contributed by atoms with Crippen LogP contribution in [0.15, 0.2) is 18.2 Å². The molecule has 2 N–H and O–H groups in total. The summed E-state index contributed by atoms with van der Waals surface area (Å²) >= 11 is 0. The third-order valence-corrected chi connectivity index (χ3v) is 2.60. The zero-order chi connectivity index (χ0) is 15.6. The summed E-state index contributed by atoms with van der Waals surface area (Å²) < 4.78 is 5.50. The molecule has 9 nitrogen and oxygen atoms in total. The SMILES string of the molecule is Cc1ccc([N+](=O)[O-])cc1Oc1nc(N)nc(N(C)C)n1. The van der Waals surface area contributed by atoms with E-state index in [2.05, 4.69) is 15.0 Å². The summed E-state index contributed by atoms with van der Waals surface area (Å²) in [5, 5.41) is 10.8. The van der Waals surface area contributed by atoms with Crippen molar-refractivity contribution >= 4 is 17.6 Å². The summed E-state index contributed by atoms with van der Waals surface area (Å²) in [7, 11) is 3.49. The molecular formula is C12H14N6O3. The Kier molecular flexibility index (Phi) is 3.83. The lowest BCUT2D eigenvalue weighted by Crippen LogP contribution is -2.15. The van der Waals surface area contributed by atoms with Gasteiger partial charge in [0.25, 0.3) is 5.69 Å². The number of aryl methyl sites for hydroxylation is 1. The molecule has 0 aliphatic rings. The van der Waals surface area contributed by atoms with Gasteiger partial charge < -0.3 is 15.4 Å². The largest absolute Gasteiger partial charge is 0.424 e. The average molecular weight is 290 g/mol. The normalized spacial score (nSPS) is 10.2. The second-order valence-corrected chi connectivity index (χ2v) is 4.48. The molecule has 0 atom stereocenters. The molecule has 0 aliphatic heterocycles. The number of non-ortho nitro benzene ring substituents is 1. The van der Waals surface area contributed by atoms with Gasteiger partial charge in [-0.25, -0.2) is 0 Å². The highest BCUT2D eigenvalue weighted by Crippen LogP contribution is 2.27. The van der Waals surface area contributed by atoms with Gasteiger partial charge in [-0.1, -0.05) is 0 Å². The Labute approximate surface area is 120 Å². The van der Waals surface area contributed by atoms with Crippen LogP contribution >= 0.6 is 0 Å². The summed E-state index contributed by atoms with van der Waals surface area (Å²) in [6, 6.07) is 4.28. The van der Waals surface area contributed by atoms with Crippen molar-refractivity contribution in [3.05, 3.63) is 33.9 Å². The number of ether oxygens (including phenoxy) is 1. The first-order valence-electron chi connectivity index (χ1n) is 5.98. The monoisotopic (exact) mass is 290 g/mol. The number of nitrogens with zero attached hydrogens (tertiary/aromatic N) is 5. The van der Waals surface area contributed by atoms with E-state index in [1.54, 1.807) is 32.0 Å². The third-order valence-electron chi connectivity index (χ3n) is 2.60. The average Bonchev–Trinajstić information content (AvgIpc) is 2.40. The number of anilines is 2. The standard InChI is InChI=1S/C12H14N6O3/c1-7-4-5-8(18(19)20)6-9(7)21-12-15-10(13)14-11(16-12)17(2)3/h4-6H,1-3H3,(H2,13,14,15,16). The molecule has 2 rings (SSSR count). The molecule has 0 saturated carbocycles. The maximum absolute atomic E-state index is 10.8. The highest BCUT2D eigenvalue weighted by Gasteiger charge is 2.13. The minimum atomic E-state index is -0.501. The molecule has 9 heteroatoms. The van der Waals surface area contributed by atoms with Gasteiger partial charge in [0, 0.05) is 20.2 Å². The van der Waals surface area contributed by atoms with Gasteiger partial charge in [0.15, 0.2) is 0 Å². The summed E-state index contributed by atoms with van der Waals surface area (Å²) in [6.45, 7) is 1.76. The zero-order valence-corrected chi connectivity index (χ0v) is 11.8. The van der Waals surface area contributed by atoms with Gasteiger partial charge in [0.1, 0.15) is 5.75 Å². The predicted molar refractivity (Wildman–Crippen MR) is 76.5 cm³/mol. The molecular weight excluding hydrogens is 276 g/mol. The van der Waals surface area contributed by atoms with Crippen LogP contribution in [0.2, 0.25) is 0 Å². The molecule has 1 heterocycles. The van der Waals surface area contributed by atoms with E-state index >= 15 is 0 Å². The van der Waals surface area contributed by atoms with Crippen LogP contribution in [-0.2, 0) is 0 Å². The number of nitro benzene ring substituents is 1. The lowest BCUT2D eigenvalue weighted by Gasteiger charge is -2.12. The maximum Gasteiger partial charge on any atom is 0.328 e. The number of nitrogen functional groups attached to an aromatic ring is 1. The topological polar surface area (TPSA) is 120 Å². The van der Waals surface area contributed by atoms with Crippen molar-refractivity contribution < 1.29 is 9.66 Å². The van der Waals surface area contributed by atoms with Gasteiger partial charge in [0.2, 0.25) is 11.9 Å². The van der Waals surface area contributed by atoms with E-state index in [-0.39, 0.29) is 17.6 Å². The molecule has 1 aromatic heterocycles. The zero-order valence-electron chi connectivity index (χ0n) is 11.8. The smallest absolute Gasteiger partial charge is 0.328 e. The van der Waals surface area contributed by atoms with E-state index in [9.17, 15) is 10.1 Å². The molecule has 0 unspecified atom stereocenters. The molecule has 2 aromatic rings. The predicted octanol–water partition coefficient (Wildman–Crippen LogP) is 1.53. The molecule has 21 heavy (non-hydrogen) atoms. The van der Waals surface area contributed by atoms with E-state index in [4.69, 9.17) is 10.5 Å². The Morgan fingerprint density at radius 2 is 2.00 bits per heavy atom. The lowest BCUT2D eigenvalue weighted by atomic mass is 10.2. The molecule has 0 spiro atoms. The van der Waals surface area contributed by atoms with Gasteiger partial charge in [0.05, 0.1) is 11.0 Å². The molecule has 0 fully saturated rings. The van der Waals surface area contributed by atoms with Crippen molar-refractivity contribution in [3.8, 4) is 11.8 Å². The fourth-order valence-electron chi connectivity index (χ4n) is 1.52. The lowest BCUT2D eigenvalue weighted by molar-refractivity contribution is -0.384. The Balaban J connectivity index is 2.38. The van der Waals surface area contributed by atoms with E-state index in [0.717, 1.165) is 0 Å². The number of benzene rings is 1. The molecule has 110 valence electrons. The van der Waals surface area contributed by atoms with E-state index in [1.165, 1.54) is 12.1 Å². The van der Waals surface area contributed by atoms with Gasteiger partial charge in [-0.05, 0) is 18.6 Å². The van der Waals surface area contributed by atoms with Crippen LogP contribution in [0.4, 0.5) is 17.6 Å². The van der Waals surface area contributed by atoms with Crippen molar-refractivity contribution in [1.29, 1.82) is 0 Å². The number of rotatable bonds is 4. The fraction of sp³-hybridized carbons (Fsp3) is 0.250. The Bertz CT molecular complexity index is 689. The molecule has 0 saturated heterocycles. The third kappa shape index (κ3) is 3.32. The Hall–Kier alpha value is -2.97. The second kappa shape index (κ2) is 5.57. The van der Waals surface area contributed by atoms with Crippen LogP contribution < -0.4 is 15.4 Å². The molecule has 0 amide bonds. The van der Waals surface area contributed by atoms with E-state index in [1.807, 2.05) is 0 Å². The van der Waals surface area contributed by atoms with Crippen molar-refractivity contribution in [2.24, 2.45) is 0 Å². The summed E-state index contributed by atoms with van der Waals surface area (Å²) in [5.41, 5.74) is 6.23. The highest BCUT2D eigenvalue weighted by molar-refractivity contribution is 5.45. The number of hydrogen-bond acceptors (Lipinski definition) is 8. The first kappa shape index (κ1) is 14.4. The number of nitrogens with two attached hydrogens (primary N) is 1. The van der Waals surface area contributed by atoms with E-state index in [0.29, 0.717) is 17.3 Å². The highest BCUT2D eigenvalue weighted by atomic mass is 16.6. The molecule has 0 aliphatic carbocycles. The minimum absolute atomic E-state index is 0.00628. The maximum atomic E-state index is 10.8. The fourth-order valence-corrected chi connectivity index (χ4v) is 1.52. The Morgan fingerprint density at radius 3 is 2.62 bits per heavy atom. The van der Waals surface area contributed by atoms with Crippen LogP contribution in [0, 0.1) is 17.0 Å². The summed E-state index contributed by atoms with van der Waals surface area (Å²) in [6.07, 6.45) is 0. The van der Waals surface area contributed by atoms with Crippen LogP contribution in [0.3, 0.4) is 0 Å². The number of aromatic nitrogens is 3. The van der Waals surface area contributed by atoms with Gasteiger partial charge in [-0.3, -0.25) is 10.1 Å².